The lowest BCUT2D eigenvalue weighted by atomic mass is 10.0. The molecular formula is C18H23NO3. The molecule has 1 heterocycles. The smallest absolute Gasteiger partial charge is 0.249 e. The number of methoxy groups -OCH3 is 1. The molecule has 4 heteroatoms. The van der Waals surface area contributed by atoms with Gasteiger partial charge in [0.15, 0.2) is 0 Å². The largest absolute Gasteiger partial charge is 0.472 e. The van der Waals surface area contributed by atoms with Gasteiger partial charge in [0.2, 0.25) is 5.91 Å². The summed E-state index contributed by atoms with van der Waals surface area (Å²) < 4.78 is 10.1. The number of aryl methyl sites for hydroxylation is 1. The first-order chi connectivity index (χ1) is 10.7. The number of hydrogen-bond donors (Lipinski definition) is 0. The number of furan rings is 1. The van der Waals surface area contributed by atoms with Crippen LogP contribution in [0.1, 0.15) is 24.5 Å². The van der Waals surface area contributed by atoms with Crippen molar-refractivity contribution in [3.05, 3.63) is 60.1 Å². The molecule has 0 aliphatic carbocycles. The fraction of sp³-hybridized carbons (Fsp3) is 0.389. The zero-order chi connectivity index (χ0) is 15.8. The van der Waals surface area contributed by atoms with Gasteiger partial charge >= 0.3 is 0 Å². The minimum absolute atomic E-state index is 0.00395. The summed E-state index contributed by atoms with van der Waals surface area (Å²) in [6.07, 6.45) is 5.17. The van der Waals surface area contributed by atoms with Gasteiger partial charge in [0.1, 0.15) is 6.61 Å². The Morgan fingerprint density at radius 3 is 2.64 bits per heavy atom. The first-order valence-electron chi connectivity index (χ1n) is 7.54. The predicted octanol–water partition coefficient (Wildman–Crippen LogP) is 3.28. The number of rotatable bonds is 8. The summed E-state index contributed by atoms with van der Waals surface area (Å²) in [5, 5.41) is 0. The van der Waals surface area contributed by atoms with E-state index in [0.29, 0.717) is 6.54 Å². The van der Waals surface area contributed by atoms with Crippen LogP contribution in [0.4, 0.5) is 0 Å². The lowest BCUT2D eigenvalue weighted by Crippen LogP contribution is -2.40. The van der Waals surface area contributed by atoms with Crippen LogP contribution in [-0.4, -0.2) is 30.6 Å². The zero-order valence-corrected chi connectivity index (χ0v) is 13.2. The highest BCUT2D eigenvalue weighted by molar-refractivity contribution is 5.77. The molecule has 0 aliphatic rings. The third kappa shape index (κ3) is 4.74. The summed E-state index contributed by atoms with van der Waals surface area (Å²) in [4.78, 5) is 14.2. The normalized spacial score (nSPS) is 12.1. The maximum absolute atomic E-state index is 12.3. The zero-order valence-electron chi connectivity index (χ0n) is 13.2. The Balaban J connectivity index is 1.98. The molecule has 0 bridgehead atoms. The van der Waals surface area contributed by atoms with Gasteiger partial charge in [-0.2, -0.15) is 0 Å². The summed E-state index contributed by atoms with van der Waals surface area (Å²) >= 11 is 0. The van der Waals surface area contributed by atoms with Crippen molar-refractivity contribution in [2.75, 3.05) is 13.7 Å². The molecule has 1 aromatic carbocycles. The minimum Gasteiger partial charge on any atom is -0.472 e. The standard InChI is InChI=1S/C18H23NO3/c1-15(8-9-16-6-4-3-5-7-16)19(18(20)14-21-2)12-17-10-11-22-13-17/h3-7,10-11,13,15H,8-9,12,14H2,1-2H3/t15-/m0/s1. The molecule has 1 aromatic heterocycles. The first-order valence-corrected chi connectivity index (χ1v) is 7.54. The minimum atomic E-state index is 0.00395. The second kappa shape index (κ2) is 8.39. The van der Waals surface area contributed by atoms with E-state index in [9.17, 15) is 4.79 Å². The second-order valence-electron chi connectivity index (χ2n) is 5.46. The Bertz CT molecular complexity index is 551. The summed E-state index contributed by atoms with van der Waals surface area (Å²) in [6.45, 7) is 2.73. The number of carbonyl (C=O) groups is 1. The highest BCUT2D eigenvalue weighted by Crippen LogP contribution is 2.14. The third-order valence-electron chi connectivity index (χ3n) is 3.75. The lowest BCUT2D eigenvalue weighted by molar-refractivity contribution is -0.138. The van der Waals surface area contributed by atoms with Gasteiger partial charge in [0.25, 0.3) is 0 Å². The topological polar surface area (TPSA) is 42.7 Å². The van der Waals surface area contributed by atoms with Gasteiger partial charge in [-0.1, -0.05) is 30.3 Å². The summed E-state index contributed by atoms with van der Waals surface area (Å²) in [7, 11) is 1.54. The van der Waals surface area contributed by atoms with Crippen molar-refractivity contribution < 1.29 is 13.9 Å². The molecule has 0 saturated carbocycles. The van der Waals surface area contributed by atoms with E-state index in [2.05, 4.69) is 19.1 Å². The molecular weight excluding hydrogens is 278 g/mol. The molecule has 22 heavy (non-hydrogen) atoms. The maximum Gasteiger partial charge on any atom is 0.249 e. The van der Waals surface area contributed by atoms with E-state index in [1.165, 1.54) is 5.56 Å². The number of amides is 1. The van der Waals surface area contributed by atoms with E-state index >= 15 is 0 Å². The fourth-order valence-electron chi connectivity index (χ4n) is 2.45. The van der Waals surface area contributed by atoms with Crippen molar-refractivity contribution in [2.24, 2.45) is 0 Å². The van der Waals surface area contributed by atoms with Gasteiger partial charge < -0.3 is 14.1 Å². The van der Waals surface area contributed by atoms with Crippen LogP contribution < -0.4 is 0 Å². The number of ether oxygens (including phenoxy) is 1. The van der Waals surface area contributed by atoms with Crippen LogP contribution in [0.15, 0.2) is 53.3 Å². The molecule has 118 valence electrons. The van der Waals surface area contributed by atoms with Gasteiger partial charge in [-0.25, -0.2) is 0 Å². The van der Waals surface area contributed by atoms with Crippen LogP contribution in [0.2, 0.25) is 0 Å². The molecule has 0 fully saturated rings. The maximum atomic E-state index is 12.3. The lowest BCUT2D eigenvalue weighted by Gasteiger charge is -2.29. The SMILES string of the molecule is COCC(=O)N(Cc1ccoc1)[C@@H](C)CCc1ccccc1. The van der Waals surface area contributed by atoms with E-state index in [4.69, 9.17) is 9.15 Å². The Morgan fingerprint density at radius 2 is 2.00 bits per heavy atom. The van der Waals surface area contributed by atoms with Crippen molar-refractivity contribution >= 4 is 5.91 Å². The van der Waals surface area contributed by atoms with Crippen molar-refractivity contribution in [1.29, 1.82) is 0 Å². The van der Waals surface area contributed by atoms with E-state index in [1.807, 2.05) is 29.2 Å². The van der Waals surface area contributed by atoms with Crippen LogP contribution in [0.25, 0.3) is 0 Å². The van der Waals surface area contributed by atoms with Crippen LogP contribution >= 0.6 is 0 Å². The first kappa shape index (κ1) is 16.3. The summed E-state index contributed by atoms with van der Waals surface area (Å²) in [6, 6.07) is 12.3. The highest BCUT2D eigenvalue weighted by atomic mass is 16.5. The van der Waals surface area contributed by atoms with Crippen molar-refractivity contribution in [3.63, 3.8) is 0 Å². The molecule has 2 rings (SSSR count). The molecule has 1 amide bonds. The van der Waals surface area contributed by atoms with Crippen molar-refractivity contribution in [3.8, 4) is 0 Å². The van der Waals surface area contributed by atoms with E-state index in [-0.39, 0.29) is 18.6 Å². The van der Waals surface area contributed by atoms with Crippen molar-refractivity contribution in [1.82, 2.24) is 4.90 Å². The molecule has 0 aliphatic heterocycles. The second-order valence-corrected chi connectivity index (χ2v) is 5.46. The Labute approximate surface area is 131 Å². The quantitative estimate of drug-likeness (QED) is 0.751. The Hall–Kier alpha value is -2.07. The van der Waals surface area contributed by atoms with Gasteiger partial charge in [0.05, 0.1) is 12.5 Å². The van der Waals surface area contributed by atoms with E-state index in [0.717, 1.165) is 18.4 Å². The molecule has 0 unspecified atom stereocenters. The molecule has 0 radical (unpaired) electrons. The van der Waals surface area contributed by atoms with Crippen LogP contribution in [0.5, 0.6) is 0 Å². The monoisotopic (exact) mass is 301 g/mol. The van der Waals surface area contributed by atoms with E-state index in [1.54, 1.807) is 19.6 Å². The molecule has 2 aromatic rings. The number of hydrogen-bond acceptors (Lipinski definition) is 3. The molecule has 1 atom stereocenters. The summed E-state index contributed by atoms with van der Waals surface area (Å²) in [5.74, 6) is 0.00395. The predicted molar refractivity (Wildman–Crippen MR) is 85.4 cm³/mol. The third-order valence-corrected chi connectivity index (χ3v) is 3.75. The number of nitrogens with zero attached hydrogens (tertiary/aromatic N) is 1. The molecule has 0 spiro atoms. The van der Waals surface area contributed by atoms with Crippen LogP contribution in [0, 0.1) is 0 Å². The van der Waals surface area contributed by atoms with Gasteiger partial charge in [-0.15, -0.1) is 0 Å². The molecule has 4 nitrogen and oxygen atoms in total. The number of benzene rings is 1. The van der Waals surface area contributed by atoms with Crippen LogP contribution in [0.3, 0.4) is 0 Å². The molecule has 0 N–H and O–H groups in total. The highest BCUT2D eigenvalue weighted by Gasteiger charge is 2.20. The summed E-state index contributed by atoms with van der Waals surface area (Å²) in [5.41, 5.74) is 2.29. The fourth-order valence-corrected chi connectivity index (χ4v) is 2.45. The molecule has 0 saturated heterocycles. The average Bonchev–Trinajstić information content (AvgIpc) is 3.04. The van der Waals surface area contributed by atoms with Crippen LogP contribution in [-0.2, 0) is 22.5 Å². The van der Waals surface area contributed by atoms with Gasteiger partial charge in [-0.05, 0) is 31.4 Å². The Kier molecular flexibility index (Phi) is 6.22. The van der Waals surface area contributed by atoms with E-state index < -0.39 is 0 Å². The average molecular weight is 301 g/mol. The van der Waals surface area contributed by atoms with Gasteiger partial charge in [-0.3, -0.25) is 4.79 Å². The Morgan fingerprint density at radius 1 is 1.23 bits per heavy atom. The van der Waals surface area contributed by atoms with Crippen molar-refractivity contribution in [2.45, 2.75) is 32.4 Å². The van der Waals surface area contributed by atoms with Gasteiger partial charge in [0, 0.05) is 25.3 Å². The number of carbonyl (C=O) groups excluding carboxylic acids is 1.